The van der Waals surface area contributed by atoms with Crippen molar-refractivity contribution in [2.24, 2.45) is 0 Å². The van der Waals surface area contributed by atoms with Crippen LogP contribution in [0.4, 0.5) is 0 Å². The number of hydrogen-bond donors (Lipinski definition) is 0. The molecule has 0 atom stereocenters. The van der Waals surface area contributed by atoms with Crippen LogP contribution in [-0.2, 0) is 11.2 Å². The quantitative estimate of drug-likeness (QED) is 0.798. The van der Waals surface area contributed by atoms with Gasteiger partial charge in [0, 0.05) is 29.9 Å². The number of carbonyl (C=O) groups is 1. The van der Waals surface area contributed by atoms with Gasteiger partial charge in [-0.05, 0) is 37.1 Å². The van der Waals surface area contributed by atoms with Gasteiger partial charge in [-0.1, -0.05) is 12.1 Å². The van der Waals surface area contributed by atoms with Crippen molar-refractivity contribution < 1.29 is 9.53 Å². The van der Waals surface area contributed by atoms with Crippen LogP contribution in [0.1, 0.15) is 17.7 Å². The Labute approximate surface area is 127 Å². The van der Waals surface area contributed by atoms with Gasteiger partial charge < -0.3 is 9.30 Å². The van der Waals surface area contributed by atoms with E-state index in [2.05, 4.69) is 0 Å². The van der Waals surface area contributed by atoms with E-state index in [-0.39, 0.29) is 11.8 Å². The Bertz CT molecular complexity index is 722. The highest BCUT2D eigenvalue weighted by Crippen LogP contribution is 2.23. The molecule has 2 aromatic rings. The number of aromatic nitrogens is 1. The predicted molar refractivity (Wildman–Crippen MR) is 82.5 cm³/mol. The SMILES string of the molecule is COc1ccccc1-n1cc(CCC(=O)Cl)c(=O)cc1C. The van der Waals surface area contributed by atoms with Crippen molar-refractivity contribution in [3.63, 3.8) is 0 Å². The first-order chi connectivity index (χ1) is 10.0. The highest BCUT2D eigenvalue weighted by Gasteiger charge is 2.10. The number of nitrogens with zero attached hydrogens (tertiary/aromatic N) is 1. The van der Waals surface area contributed by atoms with Gasteiger partial charge in [-0.15, -0.1) is 0 Å². The van der Waals surface area contributed by atoms with Crippen molar-refractivity contribution in [1.29, 1.82) is 0 Å². The summed E-state index contributed by atoms with van der Waals surface area (Å²) in [7, 11) is 1.60. The zero-order valence-electron chi connectivity index (χ0n) is 11.9. The van der Waals surface area contributed by atoms with Gasteiger partial charge >= 0.3 is 0 Å². The molecule has 0 N–H and O–H groups in total. The molecule has 0 spiro atoms. The monoisotopic (exact) mass is 305 g/mol. The lowest BCUT2D eigenvalue weighted by atomic mass is 10.1. The van der Waals surface area contributed by atoms with E-state index in [0.29, 0.717) is 17.7 Å². The minimum atomic E-state index is -0.446. The van der Waals surface area contributed by atoms with Crippen LogP contribution in [0.15, 0.2) is 41.3 Å². The third-order valence-electron chi connectivity index (χ3n) is 3.26. The van der Waals surface area contributed by atoms with Crippen molar-refractivity contribution in [3.05, 3.63) is 58.0 Å². The summed E-state index contributed by atoms with van der Waals surface area (Å²) in [6, 6.07) is 9.10. The molecule has 4 nitrogen and oxygen atoms in total. The summed E-state index contributed by atoms with van der Waals surface area (Å²) in [5.74, 6) is 0.712. The van der Waals surface area contributed by atoms with Gasteiger partial charge in [0.1, 0.15) is 5.75 Å². The van der Waals surface area contributed by atoms with Gasteiger partial charge in [0.2, 0.25) is 5.24 Å². The molecule has 0 aliphatic carbocycles. The fraction of sp³-hybridized carbons (Fsp3) is 0.250. The third kappa shape index (κ3) is 3.52. The number of carbonyl (C=O) groups excluding carboxylic acids is 1. The number of rotatable bonds is 5. The first-order valence-corrected chi connectivity index (χ1v) is 6.94. The molecule has 0 saturated carbocycles. The normalized spacial score (nSPS) is 10.4. The molecular weight excluding hydrogens is 290 g/mol. The number of methoxy groups -OCH3 is 1. The molecule has 21 heavy (non-hydrogen) atoms. The number of ether oxygens (including phenoxy) is 1. The summed E-state index contributed by atoms with van der Waals surface area (Å²) in [5.41, 5.74) is 2.11. The van der Waals surface area contributed by atoms with E-state index in [1.165, 1.54) is 0 Å². The zero-order valence-corrected chi connectivity index (χ0v) is 12.7. The van der Waals surface area contributed by atoms with Crippen LogP contribution in [0.5, 0.6) is 5.75 Å². The van der Waals surface area contributed by atoms with Gasteiger partial charge in [-0.3, -0.25) is 9.59 Å². The number of aryl methyl sites for hydroxylation is 2. The molecule has 1 aromatic heterocycles. The Hall–Kier alpha value is -2.07. The predicted octanol–water partition coefficient (Wildman–Crippen LogP) is 2.85. The van der Waals surface area contributed by atoms with Gasteiger partial charge in [-0.2, -0.15) is 0 Å². The van der Waals surface area contributed by atoms with E-state index in [9.17, 15) is 9.59 Å². The Morgan fingerprint density at radius 1 is 1.33 bits per heavy atom. The molecule has 0 unspecified atom stereocenters. The van der Waals surface area contributed by atoms with Crippen LogP contribution in [0, 0.1) is 6.92 Å². The van der Waals surface area contributed by atoms with E-state index in [4.69, 9.17) is 16.3 Å². The van der Waals surface area contributed by atoms with Gasteiger partial charge in [-0.25, -0.2) is 0 Å². The molecular formula is C16H16ClNO3. The van der Waals surface area contributed by atoms with Gasteiger partial charge in [0.25, 0.3) is 0 Å². The van der Waals surface area contributed by atoms with Crippen LogP contribution < -0.4 is 10.2 Å². The zero-order chi connectivity index (χ0) is 15.4. The van der Waals surface area contributed by atoms with Crippen molar-refractivity contribution in [2.45, 2.75) is 19.8 Å². The second kappa shape index (κ2) is 6.59. The van der Waals surface area contributed by atoms with Crippen molar-refractivity contribution in [1.82, 2.24) is 4.57 Å². The lowest BCUT2D eigenvalue weighted by Crippen LogP contribution is -2.15. The van der Waals surface area contributed by atoms with Crippen LogP contribution in [0.25, 0.3) is 5.69 Å². The molecule has 0 bridgehead atoms. The van der Waals surface area contributed by atoms with Crippen LogP contribution in [0.2, 0.25) is 0 Å². The maximum atomic E-state index is 12.0. The molecule has 0 amide bonds. The molecule has 1 aromatic carbocycles. The molecule has 5 heteroatoms. The molecule has 2 rings (SSSR count). The fourth-order valence-electron chi connectivity index (χ4n) is 2.18. The highest BCUT2D eigenvalue weighted by atomic mass is 35.5. The van der Waals surface area contributed by atoms with Crippen LogP contribution in [-0.4, -0.2) is 16.9 Å². The Kier molecular flexibility index (Phi) is 4.81. The lowest BCUT2D eigenvalue weighted by Gasteiger charge is -2.15. The number of para-hydroxylation sites is 2. The minimum absolute atomic E-state index is 0.0865. The summed E-state index contributed by atoms with van der Waals surface area (Å²) >= 11 is 5.35. The average molecular weight is 306 g/mol. The van der Waals surface area contributed by atoms with E-state index in [1.807, 2.05) is 35.8 Å². The van der Waals surface area contributed by atoms with Crippen LogP contribution in [0.3, 0.4) is 0 Å². The maximum absolute atomic E-state index is 12.0. The number of benzene rings is 1. The number of pyridine rings is 1. The number of halogens is 1. The second-order valence-corrected chi connectivity index (χ2v) is 5.12. The van der Waals surface area contributed by atoms with E-state index >= 15 is 0 Å². The smallest absolute Gasteiger partial charge is 0.221 e. The summed E-state index contributed by atoms with van der Waals surface area (Å²) in [6.45, 7) is 1.85. The molecule has 0 aliphatic rings. The first-order valence-electron chi connectivity index (χ1n) is 6.57. The van der Waals surface area contributed by atoms with Crippen molar-refractivity contribution in [2.75, 3.05) is 7.11 Å². The Balaban J connectivity index is 2.51. The highest BCUT2D eigenvalue weighted by molar-refractivity contribution is 6.63. The Morgan fingerprint density at radius 3 is 2.71 bits per heavy atom. The fourth-order valence-corrected chi connectivity index (χ4v) is 2.28. The molecule has 0 saturated heterocycles. The topological polar surface area (TPSA) is 48.3 Å². The summed E-state index contributed by atoms with van der Waals surface area (Å²) in [4.78, 5) is 22.9. The van der Waals surface area contributed by atoms with E-state index in [0.717, 1.165) is 11.4 Å². The van der Waals surface area contributed by atoms with Crippen molar-refractivity contribution >= 4 is 16.8 Å². The van der Waals surface area contributed by atoms with Gasteiger partial charge in [0.15, 0.2) is 5.43 Å². The summed E-state index contributed by atoms with van der Waals surface area (Å²) in [6.07, 6.45) is 2.22. The van der Waals surface area contributed by atoms with Gasteiger partial charge in [0.05, 0.1) is 12.8 Å². The third-order valence-corrected chi connectivity index (χ3v) is 3.45. The van der Waals surface area contributed by atoms with Crippen molar-refractivity contribution in [3.8, 4) is 11.4 Å². The molecule has 1 heterocycles. The first kappa shape index (κ1) is 15.3. The largest absolute Gasteiger partial charge is 0.495 e. The minimum Gasteiger partial charge on any atom is -0.495 e. The maximum Gasteiger partial charge on any atom is 0.221 e. The lowest BCUT2D eigenvalue weighted by molar-refractivity contribution is -0.111. The van der Waals surface area contributed by atoms with E-state index < -0.39 is 5.24 Å². The standard InChI is InChI=1S/C16H16ClNO3/c1-11-9-14(19)12(7-8-16(17)20)10-18(11)13-5-3-4-6-15(13)21-2/h3-6,9-10H,7-8H2,1-2H3. The molecule has 0 fully saturated rings. The summed E-state index contributed by atoms with van der Waals surface area (Å²) in [5, 5.41) is -0.446. The average Bonchev–Trinajstić information content (AvgIpc) is 2.46. The molecule has 0 radical (unpaired) electrons. The summed E-state index contributed by atoms with van der Waals surface area (Å²) < 4.78 is 7.23. The van der Waals surface area contributed by atoms with E-state index in [1.54, 1.807) is 19.4 Å². The second-order valence-electron chi connectivity index (χ2n) is 4.70. The molecule has 110 valence electrons. The molecule has 0 aliphatic heterocycles. The Morgan fingerprint density at radius 2 is 2.05 bits per heavy atom. The number of hydrogen-bond acceptors (Lipinski definition) is 3. The van der Waals surface area contributed by atoms with Crippen LogP contribution >= 0.6 is 11.6 Å².